The van der Waals surface area contributed by atoms with Crippen LogP contribution in [-0.2, 0) is 13.1 Å². The SMILES string of the molecule is CN=C(NCc1nccn1Cc1ccccc1)NC(C)C.I. The van der Waals surface area contributed by atoms with Gasteiger partial charge in [0.25, 0.3) is 0 Å². The lowest BCUT2D eigenvalue weighted by Crippen LogP contribution is -2.41. The van der Waals surface area contributed by atoms with Crippen LogP contribution in [0.2, 0.25) is 0 Å². The number of imidazole rings is 1. The molecule has 0 amide bonds. The third-order valence-electron chi connectivity index (χ3n) is 3.06. The van der Waals surface area contributed by atoms with E-state index in [0.717, 1.165) is 18.3 Å². The van der Waals surface area contributed by atoms with Gasteiger partial charge in [-0.25, -0.2) is 4.98 Å². The summed E-state index contributed by atoms with van der Waals surface area (Å²) in [6, 6.07) is 10.7. The molecule has 0 aliphatic heterocycles. The highest BCUT2D eigenvalue weighted by Gasteiger charge is 2.05. The number of hydrogen-bond donors (Lipinski definition) is 2. The summed E-state index contributed by atoms with van der Waals surface area (Å²) in [5, 5.41) is 6.55. The van der Waals surface area contributed by atoms with Crippen molar-refractivity contribution < 1.29 is 0 Å². The summed E-state index contributed by atoms with van der Waals surface area (Å²) in [6.45, 7) is 5.65. The molecule has 0 saturated carbocycles. The first-order chi connectivity index (χ1) is 10.2. The van der Waals surface area contributed by atoms with Gasteiger partial charge in [0.15, 0.2) is 5.96 Å². The molecule has 0 atom stereocenters. The Bertz CT molecular complexity index is 577. The Kier molecular flexibility index (Phi) is 7.94. The molecule has 1 aromatic carbocycles. The van der Waals surface area contributed by atoms with Crippen molar-refractivity contribution in [1.29, 1.82) is 0 Å². The Hall–Kier alpha value is -1.57. The minimum absolute atomic E-state index is 0. The zero-order valence-electron chi connectivity index (χ0n) is 13.3. The summed E-state index contributed by atoms with van der Waals surface area (Å²) in [5.41, 5.74) is 1.27. The predicted octanol–water partition coefficient (Wildman–Crippen LogP) is 2.62. The molecule has 0 unspecified atom stereocenters. The van der Waals surface area contributed by atoms with E-state index >= 15 is 0 Å². The van der Waals surface area contributed by atoms with E-state index in [1.54, 1.807) is 7.05 Å². The van der Waals surface area contributed by atoms with Crippen LogP contribution in [0.5, 0.6) is 0 Å². The van der Waals surface area contributed by atoms with Gasteiger partial charge in [0, 0.05) is 32.0 Å². The number of guanidine groups is 1. The van der Waals surface area contributed by atoms with Gasteiger partial charge in [-0.2, -0.15) is 0 Å². The molecule has 0 saturated heterocycles. The molecule has 2 N–H and O–H groups in total. The quantitative estimate of drug-likeness (QED) is 0.450. The van der Waals surface area contributed by atoms with Crippen molar-refractivity contribution in [2.75, 3.05) is 7.05 Å². The van der Waals surface area contributed by atoms with Gasteiger partial charge >= 0.3 is 0 Å². The number of aliphatic imine (C=N–C) groups is 1. The second-order valence-corrected chi connectivity index (χ2v) is 5.18. The second-order valence-electron chi connectivity index (χ2n) is 5.18. The molecular formula is C16H24IN5. The summed E-state index contributed by atoms with van der Waals surface area (Å²) in [7, 11) is 1.77. The van der Waals surface area contributed by atoms with Crippen molar-refractivity contribution in [2.24, 2.45) is 4.99 Å². The number of nitrogens with zero attached hydrogens (tertiary/aromatic N) is 3. The molecule has 0 aliphatic carbocycles. The van der Waals surface area contributed by atoms with E-state index in [9.17, 15) is 0 Å². The molecule has 0 aliphatic rings. The molecule has 6 heteroatoms. The minimum atomic E-state index is 0. The van der Waals surface area contributed by atoms with Crippen LogP contribution in [0.4, 0.5) is 0 Å². The fraction of sp³-hybridized carbons (Fsp3) is 0.375. The van der Waals surface area contributed by atoms with Crippen molar-refractivity contribution in [2.45, 2.75) is 33.0 Å². The number of aromatic nitrogens is 2. The molecule has 0 bridgehead atoms. The third-order valence-corrected chi connectivity index (χ3v) is 3.06. The van der Waals surface area contributed by atoms with E-state index in [4.69, 9.17) is 0 Å². The molecule has 5 nitrogen and oxygen atoms in total. The molecule has 0 spiro atoms. The van der Waals surface area contributed by atoms with Gasteiger partial charge in [-0.05, 0) is 19.4 Å². The fourth-order valence-electron chi connectivity index (χ4n) is 2.06. The van der Waals surface area contributed by atoms with Gasteiger partial charge in [0.2, 0.25) is 0 Å². The zero-order valence-corrected chi connectivity index (χ0v) is 15.6. The third kappa shape index (κ3) is 5.67. The summed E-state index contributed by atoms with van der Waals surface area (Å²) < 4.78 is 2.14. The van der Waals surface area contributed by atoms with Crippen molar-refractivity contribution in [3.8, 4) is 0 Å². The molecule has 2 aromatic rings. The van der Waals surface area contributed by atoms with Gasteiger partial charge in [-0.3, -0.25) is 4.99 Å². The number of hydrogen-bond acceptors (Lipinski definition) is 2. The summed E-state index contributed by atoms with van der Waals surface area (Å²) >= 11 is 0. The Morgan fingerprint density at radius 2 is 2.00 bits per heavy atom. The Morgan fingerprint density at radius 1 is 1.27 bits per heavy atom. The molecule has 120 valence electrons. The highest BCUT2D eigenvalue weighted by molar-refractivity contribution is 14.0. The average Bonchev–Trinajstić information content (AvgIpc) is 2.91. The first-order valence-electron chi connectivity index (χ1n) is 7.20. The van der Waals surface area contributed by atoms with Crippen LogP contribution >= 0.6 is 24.0 Å². The largest absolute Gasteiger partial charge is 0.354 e. The Labute approximate surface area is 149 Å². The maximum absolute atomic E-state index is 4.42. The smallest absolute Gasteiger partial charge is 0.191 e. The maximum atomic E-state index is 4.42. The predicted molar refractivity (Wildman–Crippen MR) is 102 cm³/mol. The van der Waals surface area contributed by atoms with E-state index in [1.807, 2.05) is 18.5 Å². The summed E-state index contributed by atoms with van der Waals surface area (Å²) in [6.07, 6.45) is 3.83. The lowest BCUT2D eigenvalue weighted by molar-refractivity contribution is 0.665. The molecular weight excluding hydrogens is 389 g/mol. The lowest BCUT2D eigenvalue weighted by Gasteiger charge is -2.15. The van der Waals surface area contributed by atoms with Crippen LogP contribution in [0.3, 0.4) is 0 Å². The van der Waals surface area contributed by atoms with E-state index < -0.39 is 0 Å². The highest BCUT2D eigenvalue weighted by atomic mass is 127. The van der Waals surface area contributed by atoms with Gasteiger partial charge in [0.05, 0.1) is 6.54 Å². The van der Waals surface area contributed by atoms with Crippen molar-refractivity contribution in [3.05, 3.63) is 54.1 Å². The van der Waals surface area contributed by atoms with Crippen LogP contribution < -0.4 is 10.6 Å². The average molecular weight is 413 g/mol. The Morgan fingerprint density at radius 3 is 2.64 bits per heavy atom. The molecule has 0 radical (unpaired) electrons. The first kappa shape index (κ1) is 18.5. The minimum Gasteiger partial charge on any atom is -0.354 e. The Balaban J connectivity index is 0.00000242. The molecule has 1 aromatic heterocycles. The first-order valence-corrected chi connectivity index (χ1v) is 7.20. The maximum Gasteiger partial charge on any atom is 0.191 e. The zero-order chi connectivity index (χ0) is 15.1. The van der Waals surface area contributed by atoms with Crippen molar-refractivity contribution in [3.63, 3.8) is 0 Å². The van der Waals surface area contributed by atoms with Gasteiger partial charge in [0.1, 0.15) is 5.82 Å². The van der Waals surface area contributed by atoms with E-state index in [0.29, 0.717) is 12.6 Å². The number of rotatable bonds is 5. The number of benzene rings is 1. The van der Waals surface area contributed by atoms with Crippen LogP contribution in [-0.4, -0.2) is 28.6 Å². The van der Waals surface area contributed by atoms with E-state index in [2.05, 4.69) is 63.3 Å². The number of halogens is 1. The fourth-order valence-corrected chi connectivity index (χ4v) is 2.06. The monoisotopic (exact) mass is 413 g/mol. The van der Waals surface area contributed by atoms with Crippen LogP contribution in [0.1, 0.15) is 25.2 Å². The van der Waals surface area contributed by atoms with Crippen LogP contribution in [0.25, 0.3) is 0 Å². The van der Waals surface area contributed by atoms with Gasteiger partial charge in [-0.1, -0.05) is 30.3 Å². The topological polar surface area (TPSA) is 54.2 Å². The van der Waals surface area contributed by atoms with Crippen molar-refractivity contribution >= 4 is 29.9 Å². The van der Waals surface area contributed by atoms with Crippen molar-refractivity contribution in [1.82, 2.24) is 20.2 Å². The summed E-state index contributed by atoms with van der Waals surface area (Å²) in [4.78, 5) is 8.61. The molecule has 2 rings (SSSR count). The van der Waals surface area contributed by atoms with Crippen LogP contribution in [0.15, 0.2) is 47.7 Å². The van der Waals surface area contributed by atoms with E-state index in [-0.39, 0.29) is 24.0 Å². The summed E-state index contributed by atoms with van der Waals surface area (Å²) in [5.74, 6) is 1.78. The number of nitrogens with one attached hydrogen (secondary N) is 2. The second kappa shape index (κ2) is 9.45. The van der Waals surface area contributed by atoms with Crippen LogP contribution in [0, 0.1) is 0 Å². The van der Waals surface area contributed by atoms with E-state index in [1.165, 1.54) is 5.56 Å². The standard InChI is InChI=1S/C16H23N5.HI/c1-13(2)20-16(17-3)19-11-15-18-9-10-21(15)12-14-7-5-4-6-8-14;/h4-10,13H,11-12H2,1-3H3,(H2,17,19,20);1H. The molecule has 22 heavy (non-hydrogen) atoms. The lowest BCUT2D eigenvalue weighted by atomic mass is 10.2. The van der Waals surface area contributed by atoms with Gasteiger partial charge in [-0.15, -0.1) is 24.0 Å². The molecule has 1 heterocycles. The highest BCUT2D eigenvalue weighted by Crippen LogP contribution is 2.05. The van der Waals surface area contributed by atoms with Gasteiger partial charge < -0.3 is 15.2 Å². The molecule has 0 fully saturated rings. The normalized spacial score (nSPS) is 11.2.